The van der Waals surface area contributed by atoms with Gasteiger partial charge in [0.2, 0.25) is 5.91 Å². The molecular formula is C12H24N2O2. The van der Waals surface area contributed by atoms with Gasteiger partial charge < -0.3 is 15.4 Å². The lowest BCUT2D eigenvalue weighted by Gasteiger charge is -2.40. The fourth-order valence-corrected chi connectivity index (χ4v) is 1.77. The van der Waals surface area contributed by atoms with Crippen LogP contribution in [0.15, 0.2) is 0 Å². The van der Waals surface area contributed by atoms with E-state index in [9.17, 15) is 4.79 Å². The maximum absolute atomic E-state index is 12.2. The van der Waals surface area contributed by atoms with Gasteiger partial charge >= 0.3 is 0 Å². The number of amides is 1. The van der Waals surface area contributed by atoms with Crippen molar-refractivity contribution in [2.24, 2.45) is 11.1 Å². The number of carbonyl (C=O) groups excluding carboxylic acids is 1. The molecule has 0 aromatic carbocycles. The third-order valence-corrected chi connectivity index (χ3v) is 2.94. The van der Waals surface area contributed by atoms with Crippen LogP contribution in [0.3, 0.4) is 0 Å². The molecule has 0 radical (unpaired) electrons. The lowest BCUT2D eigenvalue weighted by atomic mass is 9.86. The van der Waals surface area contributed by atoms with Gasteiger partial charge in [0.15, 0.2) is 0 Å². The van der Waals surface area contributed by atoms with E-state index in [0.29, 0.717) is 19.7 Å². The zero-order valence-corrected chi connectivity index (χ0v) is 11.0. The van der Waals surface area contributed by atoms with Crippen molar-refractivity contribution in [3.8, 4) is 0 Å². The second-order valence-electron chi connectivity index (χ2n) is 6.21. The molecular weight excluding hydrogens is 204 g/mol. The average molecular weight is 228 g/mol. The van der Waals surface area contributed by atoms with Crippen molar-refractivity contribution in [2.75, 3.05) is 19.7 Å². The van der Waals surface area contributed by atoms with Gasteiger partial charge in [-0.15, -0.1) is 0 Å². The Morgan fingerprint density at radius 2 is 2.00 bits per heavy atom. The van der Waals surface area contributed by atoms with Crippen LogP contribution in [-0.2, 0) is 9.53 Å². The van der Waals surface area contributed by atoms with Crippen LogP contribution in [0.2, 0.25) is 0 Å². The molecule has 1 aliphatic heterocycles. The minimum absolute atomic E-state index is 0.0314. The van der Waals surface area contributed by atoms with E-state index in [-0.39, 0.29) is 16.9 Å². The topological polar surface area (TPSA) is 55.6 Å². The summed E-state index contributed by atoms with van der Waals surface area (Å²) in [6.45, 7) is 11.8. The van der Waals surface area contributed by atoms with E-state index in [0.717, 1.165) is 0 Å². The lowest BCUT2D eigenvalue weighted by Crippen LogP contribution is -2.57. The first-order valence-corrected chi connectivity index (χ1v) is 5.82. The maximum atomic E-state index is 12.2. The maximum Gasteiger partial charge on any atom is 0.240 e. The standard InChI is InChI=1S/C12H24N2O2/c1-11(2,3)9(13)10(15)14-6-7-16-12(4,5)8-14/h9H,6-8,13H2,1-5H3/t9-/m0/s1. The summed E-state index contributed by atoms with van der Waals surface area (Å²) in [4.78, 5) is 14.0. The Labute approximate surface area is 98.1 Å². The second kappa shape index (κ2) is 4.34. The minimum atomic E-state index is -0.443. The first kappa shape index (κ1) is 13.5. The summed E-state index contributed by atoms with van der Waals surface area (Å²) in [5.74, 6) is 0.0314. The lowest BCUT2D eigenvalue weighted by molar-refractivity contribution is -0.149. The molecule has 0 unspecified atom stereocenters. The molecule has 4 heteroatoms. The fraction of sp³-hybridized carbons (Fsp3) is 0.917. The molecule has 0 aliphatic carbocycles. The summed E-state index contributed by atoms with van der Waals surface area (Å²) in [7, 11) is 0. The first-order valence-electron chi connectivity index (χ1n) is 5.82. The first-order chi connectivity index (χ1) is 7.13. The Kier molecular flexibility index (Phi) is 3.65. The van der Waals surface area contributed by atoms with E-state index in [1.807, 2.05) is 39.5 Å². The fourth-order valence-electron chi connectivity index (χ4n) is 1.77. The van der Waals surface area contributed by atoms with Gasteiger partial charge in [-0.2, -0.15) is 0 Å². The van der Waals surface area contributed by atoms with Crippen molar-refractivity contribution in [3.05, 3.63) is 0 Å². The molecule has 1 heterocycles. The van der Waals surface area contributed by atoms with Crippen LogP contribution in [0.1, 0.15) is 34.6 Å². The number of hydrogen-bond donors (Lipinski definition) is 1. The molecule has 1 saturated heterocycles. The smallest absolute Gasteiger partial charge is 0.240 e. The van der Waals surface area contributed by atoms with Crippen molar-refractivity contribution >= 4 is 5.91 Å². The minimum Gasteiger partial charge on any atom is -0.372 e. The highest BCUT2D eigenvalue weighted by Crippen LogP contribution is 2.22. The summed E-state index contributed by atoms with van der Waals surface area (Å²) in [6, 6.07) is -0.443. The molecule has 0 spiro atoms. The Hall–Kier alpha value is -0.610. The molecule has 0 aromatic rings. The van der Waals surface area contributed by atoms with Gasteiger partial charge in [0.1, 0.15) is 0 Å². The molecule has 1 aliphatic rings. The monoisotopic (exact) mass is 228 g/mol. The average Bonchev–Trinajstić information content (AvgIpc) is 2.12. The van der Waals surface area contributed by atoms with Gasteiger partial charge in [-0.25, -0.2) is 0 Å². The highest BCUT2D eigenvalue weighted by molar-refractivity contribution is 5.82. The molecule has 1 rings (SSSR count). The third-order valence-electron chi connectivity index (χ3n) is 2.94. The number of nitrogens with two attached hydrogens (primary N) is 1. The Morgan fingerprint density at radius 3 is 2.44 bits per heavy atom. The quantitative estimate of drug-likeness (QED) is 0.728. The molecule has 4 nitrogen and oxygen atoms in total. The van der Waals surface area contributed by atoms with E-state index < -0.39 is 6.04 Å². The van der Waals surface area contributed by atoms with Crippen LogP contribution >= 0.6 is 0 Å². The van der Waals surface area contributed by atoms with Gasteiger partial charge in [0.25, 0.3) is 0 Å². The highest BCUT2D eigenvalue weighted by atomic mass is 16.5. The third kappa shape index (κ3) is 3.19. The van der Waals surface area contributed by atoms with Crippen LogP contribution in [0, 0.1) is 5.41 Å². The number of nitrogens with zero attached hydrogens (tertiary/aromatic N) is 1. The number of ether oxygens (including phenoxy) is 1. The van der Waals surface area contributed by atoms with Crippen molar-refractivity contribution in [1.29, 1.82) is 0 Å². The summed E-state index contributed by atoms with van der Waals surface area (Å²) in [6.07, 6.45) is 0. The van der Waals surface area contributed by atoms with Crippen LogP contribution < -0.4 is 5.73 Å². The van der Waals surface area contributed by atoms with Crippen LogP contribution in [0.4, 0.5) is 0 Å². The predicted octanol–water partition coefficient (Wildman–Crippen LogP) is 0.997. The Morgan fingerprint density at radius 1 is 1.44 bits per heavy atom. The van der Waals surface area contributed by atoms with Gasteiger partial charge in [0, 0.05) is 13.1 Å². The zero-order chi connectivity index (χ0) is 12.6. The predicted molar refractivity (Wildman–Crippen MR) is 64.0 cm³/mol. The summed E-state index contributed by atoms with van der Waals surface area (Å²) in [5, 5.41) is 0. The van der Waals surface area contributed by atoms with Crippen LogP contribution in [0.25, 0.3) is 0 Å². The number of hydrogen-bond acceptors (Lipinski definition) is 3. The number of rotatable bonds is 1. The van der Waals surface area contributed by atoms with Crippen molar-refractivity contribution in [2.45, 2.75) is 46.3 Å². The Balaban J connectivity index is 2.68. The van der Waals surface area contributed by atoms with Gasteiger partial charge in [-0.3, -0.25) is 4.79 Å². The molecule has 0 saturated carbocycles. The van der Waals surface area contributed by atoms with Gasteiger partial charge in [-0.1, -0.05) is 20.8 Å². The van der Waals surface area contributed by atoms with Gasteiger partial charge in [0.05, 0.1) is 18.2 Å². The summed E-state index contributed by atoms with van der Waals surface area (Å²) < 4.78 is 5.58. The zero-order valence-electron chi connectivity index (χ0n) is 11.0. The van der Waals surface area contributed by atoms with Crippen molar-refractivity contribution in [3.63, 3.8) is 0 Å². The molecule has 0 aromatic heterocycles. The Bertz CT molecular complexity index is 269. The largest absolute Gasteiger partial charge is 0.372 e. The highest BCUT2D eigenvalue weighted by Gasteiger charge is 2.35. The van der Waals surface area contributed by atoms with E-state index in [1.165, 1.54) is 0 Å². The molecule has 16 heavy (non-hydrogen) atoms. The molecule has 0 bridgehead atoms. The number of morpholine rings is 1. The van der Waals surface area contributed by atoms with E-state index >= 15 is 0 Å². The van der Waals surface area contributed by atoms with Crippen LogP contribution in [-0.4, -0.2) is 42.1 Å². The normalized spacial score (nSPS) is 23.0. The molecule has 1 atom stereocenters. The number of carbonyl (C=O) groups is 1. The van der Waals surface area contributed by atoms with E-state index in [2.05, 4.69) is 0 Å². The van der Waals surface area contributed by atoms with Gasteiger partial charge in [-0.05, 0) is 19.3 Å². The van der Waals surface area contributed by atoms with E-state index in [4.69, 9.17) is 10.5 Å². The van der Waals surface area contributed by atoms with Crippen molar-refractivity contribution < 1.29 is 9.53 Å². The van der Waals surface area contributed by atoms with Crippen LogP contribution in [0.5, 0.6) is 0 Å². The van der Waals surface area contributed by atoms with Crippen molar-refractivity contribution in [1.82, 2.24) is 4.90 Å². The molecule has 94 valence electrons. The second-order valence-corrected chi connectivity index (χ2v) is 6.21. The summed E-state index contributed by atoms with van der Waals surface area (Å²) >= 11 is 0. The van der Waals surface area contributed by atoms with E-state index in [1.54, 1.807) is 0 Å². The SMILES string of the molecule is CC1(C)CN(C(=O)[C@H](N)C(C)(C)C)CCO1. The molecule has 2 N–H and O–H groups in total. The summed E-state index contributed by atoms with van der Waals surface area (Å²) in [5.41, 5.74) is 5.53. The molecule has 1 amide bonds. The molecule has 1 fully saturated rings.